The highest BCUT2D eigenvalue weighted by Crippen LogP contribution is 2.10. The number of carbonyl (C=O) groups is 3. The molecule has 0 fully saturated rings. The van der Waals surface area contributed by atoms with Crippen LogP contribution in [-0.4, -0.2) is 23.9 Å². The standard InChI is InChI=1S/C16H15N3O5/c1-10(24-16(22)13-4-2-3-9-19(13)23)15(21)18-12-7-5-11(6-8-12)14(17)20/h2-10H,1H3,(H2,17,20)(H,18,21)/t10-/m0/s1. The molecule has 0 saturated carbocycles. The van der Waals surface area contributed by atoms with Gasteiger partial charge in [0, 0.05) is 23.4 Å². The quantitative estimate of drug-likeness (QED) is 0.472. The van der Waals surface area contributed by atoms with Gasteiger partial charge < -0.3 is 21.0 Å². The molecule has 2 rings (SSSR count). The third-order valence-corrected chi connectivity index (χ3v) is 3.12. The van der Waals surface area contributed by atoms with Crippen molar-refractivity contribution in [3.05, 3.63) is 65.1 Å². The van der Waals surface area contributed by atoms with Crippen LogP contribution in [0.3, 0.4) is 0 Å². The maximum Gasteiger partial charge on any atom is 0.405 e. The van der Waals surface area contributed by atoms with Crippen LogP contribution in [0.2, 0.25) is 0 Å². The van der Waals surface area contributed by atoms with Crippen LogP contribution in [-0.2, 0) is 9.53 Å². The van der Waals surface area contributed by atoms with Gasteiger partial charge in [-0.3, -0.25) is 9.59 Å². The van der Waals surface area contributed by atoms with Crippen molar-refractivity contribution in [2.24, 2.45) is 5.73 Å². The van der Waals surface area contributed by atoms with Crippen molar-refractivity contribution >= 4 is 23.5 Å². The molecule has 0 spiro atoms. The van der Waals surface area contributed by atoms with Crippen LogP contribution in [0, 0.1) is 5.21 Å². The number of amides is 2. The highest BCUT2D eigenvalue weighted by Gasteiger charge is 2.23. The molecule has 0 aliphatic rings. The second-order valence-electron chi connectivity index (χ2n) is 4.89. The van der Waals surface area contributed by atoms with E-state index in [1.165, 1.54) is 49.4 Å². The molecule has 24 heavy (non-hydrogen) atoms. The minimum Gasteiger partial charge on any atom is -0.618 e. The number of anilines is 1. The fourth-order valence-corrected chi connectivity index (χ4v) is 1.82. The van der Waals surface area contributed by atoms with E-state index in [9.17, 15) is 19.6 Å². The molecule has 1 aromatic carbocycles. The van der Waals surface area contributed by atoms with Crippen LogP contribution < -0.4 is 15.8 Å². The van der Waals surface area contributed by atoms with E-state index in [0.29, 0.717) is 16.0 Å². The molecule has 2 aromatic rings. The van der Waals surface area contributed by atoms with Crippen LogP contribution in [0.5, 0.6) is 0 Å². The number of hydrogen-bond donors (Lipinski definition) is 2. The van der Waals surface area contributed by atoms with Gasteiger partial charge in [0.25, 0.3) is 5.91 Å². The molecule has 3 N–H and O–H groups in total. The van der Waals surface area contributed by atoms with Crippen molar-refractivity contribution < 1.29 is 23.9 Å². The summed E-state index contributed by atoms with van der Waals surface area (Å²) in [6, 6.07) is 10.2. The van der Waals surface area contributed by atoms with E-state index in [1.54, 1.807) is 0 Å². The largest absolute Gasteiger partial charge is 0.618 e. The van der Waals surface area contributed by atoms with Crippen LogP contribution >= 0.6 is 0 Å². The fraction of sp³-hybridized carbons (Fsp3) is 0.125. The van der Waals surface area contributed by atoms with E-state index in [1.807, 2.05) is 0 Å². The first-order valence-electron chi connectivity index (χ1n) is 6.98. The second kappa shape index (κ2) is 7.23. The van der Waals surface area contributed by atoms with Crippen LogP contribution in [0.1, 0.15) is 27.8 Å². The van der Waals surface area contributed by atoms with Crippen LogP contribution in [0.15, 0.2) is 48.7 Å². The third-order valence-electron chi connectivity index (χ3n) is 3.12. The zero-order chi connectivity index (χ0) is 17.7. The zero-order valence-corrected chi connectivity index (χ0v) is 12.8. The first-order valence-corrected chi connectivity index (χ1v) is 6.98. The lowest BCUT2D eigenvalue weighted by molar-refractivity contribution is -0.608. The fourth-order valence-electron chi connectivity index (χ4n) is 1.82. The smallest absolute Gasteiger partial charge is 0.405 e. The molecular formula is C16H15N3O5. The Morgan fingerprint density at radius 2 is 1.83 bits per heavy atom. The molecule has 1 aromatic heterocycles. The van der Waals surface area contributed by atoms with E-state index in [4.69, 9.17) is 10.5 Å². The number of nitrogens with two attached hydrogens (primary N) is 1. The SMILES string of the molecule is C[C@H](OC(=O)c1cccc[n+]1[O-])C(=O)Nc1ccc(C(N)=O)cc1. The molecule has 0 radical (unpaired) electrons. The summed E-state index contributed by atoms with van der Waals surface area (Å²) in [5.41, 5.74) is 5.62. The summed E-state index contributed by atoms with van der Waals surface area (Å²) in [4.78, 5) is 34.9. The van der Waals surface area contributed by atoms with E-state index >= 15 is 0 Å². The molecule has 0 unspecified atom stereocenters. The molecule has 0 bridgehead atoms. The number of rotatable bonds is 5. The summed E-state index contributed by atoms with van der Waals surface area (Å²) in [5.74, 6) is -2.06. The maximum atomic E-state index is 12.0. The molecule has 2 amide bonds. The van der Waals surface area contributed by atoms with Crippen molar-refractivity contribution in [2.75, 3.05) is 5.32 Å². The topological polar surface area (TPSA) is 125 Å². The van der Waals surface area contributed by atoms with E-state index in [2.05, 4.69) is 5.32 Å². The monoisotopic (exact) mass is 329 g/mol. The minimum absolute atomic E-state index is 0.219. The van der Waals surface area contributed by atoms with Crippen molar-refractivity contribution in [1.82, 2.24) is 0 Å². The van der Waals surface area contributed by atoms with Crippen molar-refractivity contribution in [2.45, 2.75) is 13.0 Å². The maximum absolute atomic E-state index is 12.0. The van der Waals surface area contributed by atoms with Crippen molar-refractivity contribution in [3.63, 3.8) is 0 Å². The Morgan fingerprint density at radius 1 is 1.17 bits per heavy atom. The summed E-state index contributed by atoms with van der Waals surface area (Å²) in [7, 11) is 0. The predicted molar refractivity (Wildman–Crippen MR) is 83.9 cm³/mol. The molecular weight excluding hydrogens is 314 g/mol. The number of hydrogen-bond acceptors (Lipinski definition) is 5. The molecule has 124 valence electrons. The molecule has 8 nitrogen and oxygen atoms in total. The molecule has 0 saturated heterocycles. The number of aromatic nitrogens is 1. The Hall–Kier alpha value is -3.42. The lowest BCUT2D eigenvalue weighted by Crippen LogP contribution is -2.37. The highest BCUT2D eigenvalue weighted by atomic mass is 16.6. The Bertz CT molecular complexity index is 774. The Balaban J connectivity index is 1.98. The Kier molecular flexibility index (Phi) is 5.10. The number of ether oxygens (including phenoxy) is 1. The summed E-state index contributed by atoms with van der Waals surface area (Å²) in [5, 5.41) is 14.0. The number of nitrogens with one attached hydrogen (secondary N) is 1. The molecule has 1 heterocycles. The number of carbonyl (C=O) groups excluding carboxylic acids is 3. The molecule has 1 atom stereocenters. The zero-order valence-electron chi connectivity index (χ0n) is 12.8. The summed E-state index contributed by atoms with van der Waals surface area (Å²) in [6.07, 6.45) is 0.0373. The predicted octanol–water partition coefficient (Wildman–Crippen LogP) is 0.603. The number of primary amides is 1. The third kappa shape index (κ3) is 4.07. The van der Waals surface area contributed by atoms with Crippen molar-refractivity contribution in [3.8, 4) is 0 Å². The van der Waals surface area contributed by atoms with Crippen LogP contribution in [0.4, 0.5) is 5.69 Å². The van der Waals surface area contributed by atoms with Gasteiger partial charge in [-0.05, 0) is 37.3 Å². The van der Waals surface area contributed by atoms with Gasteiger partial charge in [-0.15, -0.1) is 0 Å². The lowest BCUT2D eigenvalue weighted by Gasteiger charge is -2.13. The van der Waals surface area contributed by atoms with Crippen LogP contribution in [0.25, 0.3) is 0 Å². The number of nitrogens with zero attached hydrogens (tertiary/aromatic N) is 1. The van der Waals surface area contributed by atoms with Gasteiger partial charge in [-0.25, -0.2) is 4.79 Å². The first kappa shape index (κ1) is 16.9. The van der Waals surface area contributed by atoms with Gasteiger partial charge in [-0.1, -0.05) is 0 Å². The highest BCUT2D eigenvalue weighted by molar-refractivity contribution is 5.97. The van der Waals surface area contributed by atoms with Gasteiger partial charge in [0.15, 0.2) is 12.3 Å². The van der Waals surface area contributed by atoms with Gasteiger partial charge in [-0.2, -0.15) is 4.73 Å². The van der Waals surface area contributed by atoms with E-state index in [-0.39, 0.29) is 5.69 Å². The average molecular weight is 329 g/mol. The van der Waals surface area contributed by atoms with Gasteiger partial charge in [0.05, 0.1) is 0 Å². The summed E-state index contributed by atoms with van der Waals surface area (Å²) < 4.78 is 5.32. The number of pyridine rings is 1. The molecule has 8 heteroatoms. The van der Waals surface area contributed by atoms with Gasteiger partial charge in [0.1, 0.15) is 0 Å². The second-order valence-corrected chi connectivity index (χ2v) is 4.89. The number of esters is 1. The summed E-state index contributed by atoms with van der Waals surface area (Å²) >= 11 is 0. The number of benzene rings is 1. The lowest BCUT2D eigenvalue weighted by atomic mass is 10.2. The summed E-state index contributed by atoms with van der Waals surface area (Å²) in [6.45, 7) is 1.38. The van der Waals surface area contributed by atoms with Gasteiger partial charge >= 0.3 is 11.7 Å². The van der Waals surface area contributed by atoms with Crippen molar-refractivity contribution in [1.29, 1.82) is 0 Å². The molecule has 0 aliphatic heterocycles. The van der Waals surface area contributed by atoms with Gasteiger partial charge in [0.2, 0.25) is 5.91 Å². The average Bonchev–Trinajstić information content (AvgIpc) is 2.55. The first-order chi connectivity index (χ1) is 11.4. The minimum atomic E-state index is -1.12. The Morgan fingerprint density at radius 3 is 2.42 bits per heavy atom. The molecule has 0 aliphatic carbocycles. The van der Waals surface area contributed by atoms with E-state index < -0.39 is 23.9 Å². The van der Waals surface area contributed by atoms with E-state index in [0.717, 1.165) is 6.20 Å². The normalized spacial score (nSPS) is 11.4. The Labute approximate surface area is 137 Å².